The largest absolute Gasteiger partial charge is 0.490 e. The minimum atomic E-state index is -0.197. The summed E-state index contributed by atoms with van der Waals surface area (Å²) >= 11 is 1.55. The standard InChI is InChI=1S/C19H21N3O2S/c1-3-14(4-2)24-15-8-5-7-13(11-15)21-19(23)16-12-20-22-18(16)17-9-6-10-25-17/h5-12,14H,3-4H2,1-2H3,(H,20,22)(H,21,23). The summed E-state index contributed by atoms with van der Waals surface area (Å²) in [6.07, 6.45) is 3.71. The minimum Gasteiger partial charge on any atom is -0.490 e. The summed E-state index contributed by atoms with van der Waals surface area (Å²) in [5.74, 6) is 0.564. The lowest BCUT2D eigenvalue weighted by atomic mass is 10.2. The number of benzene rings is 1. The number of aromatic nitrogens is 2. The molecule has 2 N–H and O–H groups in total. The number of carbonyl (C=O) groups is 1. The Morgan fingerprint density at radius 2 is 2.12 bits per heavy atom. The van der Waals surface area contributed by atoms with E-state index >= 15 is 0 Å². The highest BCUT2D eigenvalue weighted by molar-refractivity contribution is 7.13. The Morgan fingerprint density at radius 3 is 2.84 bits per heavy atom. The number of thiophene rings is 1. The van der Waals surface area contributed by atoms with Crippen LogP contribution in [0.3, 0.4) is 0 Å². The fourth-order valence-electron chi connectivity index (χ4n) is 2.56. The Kier molecular flexibility index (Phi) is 5.50. The molecule has 0 atom stereocenters. The zero-order chi connectivity index (χ0) is 17.6. The maximum absolute atomic E-state index is 12.6. The predicted molar refractivity (Wildman–Crippen MR) is 101 cm³/mol. The van der Waals surface area contributed by atoms with E-state index in [0.717, 1.165) is 23.5 Å². The van der Waals surface area contributed by atoms with Crippen molar-refractivity contribution >= 4 is 22.9 Å². The first-order valence-electron chi connectivity index (χ1n) is 8.37. The normalized spacial score (nSPS) is 10.8. The Bertz CT molecular complexity index is 823. The maximum Gasteiger partial charge on any atom is 0.259 e. The molecule has 0 bridgehead atoms. The van der Waals surface area contributed by atoms with Crippen LogP contribution in [-0.2, 0) is 0 Å². The van der Waals surface area contributed by atoms with Gasteiger partial charge in [-0.2, -0.15) is 5.10 Å². The van der Waals surface area contributed by atoms with E-state index in [1.807, 2.05) is 41.8 Å². The van der Waals surface area contributed by atoms with Gasteiger partial charge in [0.1, 0.15) is 11.4 Å². The molecule has 5 nitrogen and oxygen atoms in total. The van der Waals surface area contributed by atoms with Gasteiger partial charge < -0.3 is 10.1 Å². The number of anilines is 1. The van der Waals surface area contributed by atoms with Gasteiger partial charge in [0, 0.05) is 18.0 Å². The third-order valence-corrected chi connectivity index (χ3v) is 4.82. The second kappa shape index (κ2) is 7.98. The van der Waals surface area contributed by atoms with Crippen LogP contribution >= 0.6 is 11.3 Å². The molecule has 0 aliphatic carbocycles. The third-order valence-electron chi connectivity index (χ3n) is 3.94. The average Bonchev–Trinajstić information content (AvgIpc) is 3.30. The molecule has 25 heavy (non-hydrogen) atoms. The second-order valence-corrected chi connectivity index (χ2v) is 6.61. The molecule has 1 aromatic carbocycles. The molecular weight excluding hydrogens is 334 g/mol. The van der Waals surface area contributed by atoms with E-state index in [1.165, 1.54) is 0 Å². The van der Waals surface area contributed by atoms with Crippen LogP contribution in [0.1, 0.15) is 37.0 Å². The Hall–Kier alpha value is -2.60. The van der Waals surface area contributed by atoms with Crippen molar-refractivity contribution in [3.05, 3.63) is 53.5 Å². The van der Waals surface area contributed by atoms with Crippen molar-refractivity contribution in [1.82, 2.24) is 10.2 Å². The number of rotatable bonds is 7. The number of nitrogens with one attached hydrogen (secondary N) is 2. The first-order valence-corrected chi connectivity index (χ1v) is 9.25. The summed E-state index contributed by atoms with van der Waals surface area (Å²) in [5.41, 5.74) is 1.89. The number of H-pyrrole nitrogens is 1. The van der Waals surface area contributed by atoms with Gasteiger partial charge in [-0.15, -0.1) is 11.3 Å². The molecule has 0 aliphatic rings. The van der Waals surface area contributed by atoms with Crippen LogP contribution in [0.2, 0.25) is 0 Å². The predicted octanol–water partition coefficient (Wildman–Crippen LogP) is 4.96. The van der Waals surface area contributed by atoms with E-state index in [-0.39, 0.29) is 12.0 Å². The van der Waals surface area contributed by atoms with Gasteiger partial charge in [0.05, 0.1) is 16.5 Å². The first kappa shape index (κ1) is 17.2. The summed E-state index contributed by atoms with van der Waals surface area (Å²) in [4.78, 5) is 13.6. The van der Waals surface area contributed by atoms with Crippen LogP contribution in [0, 0.1) is 0 Å². The molecule has 0 aliphatic heterocycles. The molecule has 1 amide bonds. The van der Waals surface area contributed by atoms with Crippen LogP contribution in [0.15, 0.2) is 48.0 Å². The molecular formula is C19H21N3O2S. The van der Waals surface area contributed by atoms with Crippen molar-refractivity contribution < 1.29 is 9.53 Å². The molecule has 0 saturated carbocycles. The third kappa shape index (κ3) is 4.09. The van der Waals surface area contributed by atoms with Crippen LogP contribution in [0.25, 0.3) is 10.6 Å². The van der Waals surface area contributed by atoms with Crippen LogP contribution in [-0.4, -0.2) is 22.2 Å². The molecule has 6 heteroatoms. The highest BCUT2D eigenvalue weighted by Crippen LogP contribution is 2.27. The van der Waals surface area contributed by atoms with Crippen molar-refractivity contribution in [2.24, 2.45) is 0 Å². The van der Waals surface area contributed by atoms with E-state index in [0.29, 0.717) is 16.9 Å². The van der Waals surface area contributed by atoms with Crippen LogP contribution < -0.4 is 10.1 Å². The lowest BCUT2D eigenvalue weighted by Gasteiger charge is -2.16. The lowest BCUT2D eigenvalue weighted by molar-refractivity contribution is 0.102. The molecule has 3 rings (SSSR count). The Labute approximate surface area is 151 Å². The molecule has 130 valence electrons. The topological polar surface area (TPSA) is 67.0 Å². The van der Waals surface area contributed by atoms with E-state index in [2.05, 4.69) is 29.4 Å². The van der Waals surface area contributed by atoms with Crippen LogP contribution in [0.5, 0.6) is 5.75 Å². The SMILES string of the molecule is CCC(CC)Oc1cccc(NC(=O)c2c[nH]nc2-c2cccs2)c1. The fraction of sp³-hybridized carbons (Fsp3) is 0.263. The van der Waals surface area contributed by atoms with E-state index in [1.54, 1.807) is 17.5 Å². The average molecular weight is 355 g/mol. The number of hydrogen-bond donors (Lipinski definition) is 2. The quantitative estimate of drug-likeness (QED) is 0.629. The van der Waals surface area contributed by atoms with Crippen LogP contribution in [0.4, 0.5) is 5.69 Å². The molecule has 0 saturated heterocycles. The zero-order valence-electron chi connectivity index (χ0n) is 14.3. The number of carbonyl (C=O) groups excluding carboxylic acids is 1. The monoisotopic (exact) mass is 355 g/mol. The number of ether oxygens (including phenoxy) is 1. The van der Waals surface area contributed by atoms with Crippen molar-refractivity contribution in [1.29, 1.82) is 0 Å². The van der Waals surface area contributed by atoms with Gasteiger partial charge in [0.15, 0.2) is 0 Å². The lowest BCUT2D eigenvalue weighted by Crippen LogP contribution is -2.14. The summed E-state index contributed by atoms with van der Waals surface area (Å²) < 4.78 is 5.94. The summed E-state index contributed by atoms with van der Waals surface area (Å²) in [6.45, 7) is 4.20. The molecule has 0 unspecified atom stereocenters. The van der Waals surface area contributed by atoms with Gasteiger partial charge >= 0.3 is 0 Å². The molecule has 0 spiro atoms. The minimum absolute atomic E-state index is 0.185. The van der Waals surface area contributed by atoms with Crippen molar-refractivity contribution in [3.63, 3.8) is 0 Å². The number of nitrogens with zero attached hydrogens (tertiary/aromatic N) is 1. The van der Waals surface area contributed by atoms with Gasteiger partial charge in [-0.1, -0.05) is 26.0 Å². The summed E-state index contributed by atoms with van der Waals surface area (Å²) in [5, 5.41) is 11.9. The summed E-state index contributed by atoms with van der Waals surface area (Å²) in [6, 6.07) is 11.4. The Balaban J connectivity index is 1.75. The Morgan fingerprint density at radius 1 is 1.28 bits per heavy atom. The van der Waals surface area contributed by atoms with Gasteiger partial charge in [0.25, 0.3) is 5.91 Å². The molecule has 0 radical (unpaired) electrons. The van der Waals surface area contributed by atoms with E-state index in [9.17, 15) is 4.79 Å². The maximum atomic E-state index is 12.6. The smallest absolute Gasteiger partial charge is 0.259 e. The highest BCUT2D eigenvalue weighted by atomic mass is 32.1. The van der Waals surface area contributed by atoms with Gasteiger partial charge in [-0.25, -0.2) is 0 Å². The van der Waals surface area contributed by atoms with E-state index in [4.69, 9.17) is 4.74 Å². The fourth-order valence-corrected chi connectivity index (χ4v) is 3.29. The van der Waals surface area contributed by atoms with Gasteiger partial charge in [-0.3, -0.25) is 9.89 Å². The van der Waals surface area contributed by atoms with Gasteiger partial charge in [-0.05, 0) is 36.4 Å². The summed E-state index contributed by atoms with van der Waals surface area (Å²) in [7, 11) is 0. The zero-order valence-corrected chi connectivity index (χ0v) is 15.1. The number of aromatic amines is 1. The highest BCUT2D eigenvalue weighted by Gasteiger charge is 2.17. The number of hydrogen-bond acceptors (Lipinski definition) is 4. The molecule has 0 fully saturated rings. The molecule has 3 aromatic rings. The van der Waals surface area contributed by atoms with Gasteiger partial charge in [0.2, 0.25) is 0 Å². The molecule has 2 heterocycles. The van der Waals surface area contributed by atoms with Crippen molar-refractivity contribution in [2.45, 2.75) is 32.8 Å². The van der Waals surface area contributed by atoms with E-state index < -0.39 is 0 Å². The number of amides is 1. The van der Waals surface area contributed by atoms with Crippen molar-refractivity contribution in [2.75, 3.05) is 5.32 Å². The second-order valence-electron chi connectivity index (χ2n) is 5.66. The first-order chi connectivity index (χ1) is 12.2. The van der Waals surface area contributed by atoms with Crippen molar-refractivity contribution in [3.8, 4) is 16.3 Å². The molecule has 2 aromatic heterocycles.